The van der Waals surface area contributed by atoms with E-state index < -0.39 is 17.7 Å². The highest BCUT2D eigenvalue weighted by molar-refractivity contribution is 5.55. The molecule has 6 nitrogen and oxygen atoms in total. The van der Waals surface area contributed by atoms with E-state index in [1.807, 2.05) is 13.8 Å². The van der Waals surface area contributed by atoms with E-state index in [9.17, 15) is 4.79 Å². The van der Waals surface area contributed by atoms with Crippen LogP contribution >= 0.6 is 0 Å². The summed E-state index contributed by atoms with van der Waals surface area (Å²) in [6.45, 7) is 6.57. The maximum Gasteiger partial charge on any atom is 0.201 e. The van der Waals surface area contributed by atoms with Gasteiger partial charge in [-0.2, -0.15) is 0 Å². The van der Waals surface area contributed by atoms with Gasteiger partial charge in [0.1, 0.15) is 6.29 Å². The molecule has 0 amide bonds. The Morgan fingerprint density at radius 3 is 2.78 bits per heavy atom. The fourth-order valence-electron chi connectivity index (χ4n) is 5.14. The summed E-state index contributed by atoms with van der Waals surface area (Å²) in [5, 5.41) is 0. The Labute approximate surface area is 136 Å². The van der Waals surface area contributed by atoms with E-state index in [4.69, 9.17) is 24.0 Å². The number of carbonyl (C=O) groups is 1. The van der Waals surface area contributed by atoms with Gasteiger partial charge in [-0.1, -0.05) is 6.92 Å². The number of fused-ring (bicyclic) bond motifs is 2. The molecule has 4 saturated heterocycles. The summed E-state index contributed by atoms with van der Waals surface area (Å²) in [5.74, 6) is -0.417. The van der Waals surface area contributed by atoms with E-state index in [1.165, 1.54) is 0 Å². The Balaban J connectivity index is 1.76. The van der Waals surface area contributed by atoms with Crippen molar-refractivity contribution in [3.8, 4) is 0 Å². The van der Waals surface area contributed by atoms with Crippen LogP contribution in [0.15, 0.2) is 0 Å². The van der Waals surface area contributed by atoms with Crippen LogP contribution < -0.4 is 0 Å². The van der Waals surface area contributed by atoms with E-state index in [0.717, 1.165) is 25.5 Å². The van der Waals surface area contributed by atoms with Gasteiger partial charge in [-0.05, 0) is 33.1 Å². The van der Waals surface area contributed by atoms with Crippen molar-refractivity contribution in [2.75, 3.05) is 6.61 Å². The van der Waals surface area contributed by atoms with Gasteiger partial charge in [-0.25, -0.2) is 9.78 Å². The van der Waals surface area contributed by atoms with Gasteiger partial charge in [-0.15, -0.1) is 0 Å². The summed E-state index contributed by atoms with van der Waals surface area (Å²) in [7, 11) is 0. The minimum absolute atomic E-state index is 0.0270. The van der Waals surface area contributed by atoms with E-state index in [-0.39, 0.29) is 30.0 Å². The number of hydrogen-bond acceptors (Lipinski definition) is 6. The molecule has 1 spiro atoms. The molecule has 0 unspecified atom stereocenters. The number of aldehydes is 1. The lowest BCUT2D eigenvalue weighted by atomic mass is 9.58. The second kappa shape index (κ2) is 5.49. The van der Waals surface area contributed by atoms with E-state index in [2.05, 4.69) is 6.92 Å². The van der Waals surface area contributed by atoms with Gasteiger partial charge in [0, 0.05) is 36.7 Å². The fraction of sp³-hybridized carbons (Fsp3) is 0.941. The largest absolute Gasteiger partial charge is 0.353 e. The van der Waals surface area contributed by atoms with Crippen LogP contribution in [0.25, 0.3) is 0 Å². The first-order valence-electron chi connectivity index (χ1n) is 8.81. The van der Waals surface area contributed by atoms with Crippen molar-refractivity contribution in [2.24, 2.45) is 23.7 Å². The monoisotopic (exact) mass is 326 g/mol. The molecule has 8 atom stereocenters. The van der Waals surface area contributed by atoms with Gasteiger partial charge in [-0.3, -0.25) is 0 Å². The minimum atomic E-state index is -0.817. The number of carbonyl (C=O) groups excluding carboxylic acids is 1. The molecule has 5 fully saturated rings. The quantitative estimate of drug-likeness (QED) is 0.586. The van der Waals surface area contributed by atoms with Crippen molar-refractivity contribution in [3.05, 3.63) is 0 Å². The van der Waals surface area contributed by atoms with Crippen molar-refractivity contribution in [1.82, 2.24) is 0 Å². The van der Waals surface area contributed by atoms with Crippen LogP contribution in [0.3, 0.4) is 0 Å². The number of rotatable bonds is 3. The molecule has 0 aromatic heterocycles. The molecule has 4 heterocycles. The third-order valence-corrected chi connectivity index (χ3v) is 6.31. The molecular formula is C17H26O6. The molecule has 2 bridgehead atoms. The van der Waals surface area contributed by atoms with Crippen LogP contribution in [0, 0.1) is 23.7 Å². The van der Waals surface area contributed by atoms with Crippen molar-refractivity contribution >= 4 is 6.29 Å². The zero-order valence-electron chi connectivity index (χ0n) is 14.0. The minimum Gasteiger partial charge on any atom is -0.353 e. The zero-order chi connectivity index (χ0) is 16.2. The standard InChI is InChI=1S/C17H26O6/c1-4-19-14-10(2)12-6-5-11(9-18)13-7-8-16(3)21-15(20-14)17(12,13)23-22-16/h9-15H,4-8H2,1-3H3/t10-,11+,12+,13+,14+,15-,16-,17+/m1/s1. The highest BCUT2D eigenvalue weighted by Crippen LogP contribution is 2.60. The smallest absolute Gasteiger partial charge is 0.201 e. The summed E-state index contributed by atoms with van der Waals surface area (Å²) in [6.07, 6.45) is 3.56. The molecule has 6 heteroatoms. The summed E-state index contributed by atoms with van der Waals surface area (Å²) in [4.78, 5) is 23.3. The molecule has 1 saturated carbocycles. The fourth-order valence-corrected chi connectivity index (χ4v) is 5.14. The predicted octanol–water partition coefficient (Wildman–Crippen LogP) is 2.41. The van der Waals surface area contributed by atoms with Crippen molar-refractivity contribution in [3.63, 3.8) is 0 Å². The Morgan fingerprint density at radius 2 is 2.04 bits per heavy atom. The first kappa shape index (κ1) is 16.0. The maximum atomic E-state index is 11.6. The Kier molecular flexibility index (Phi) is 3.81. The Bertz CT molecular complexity index is 484. The second-order valence-electron chi connectivity index (χ2n) is 7.55. The van der Waals surface area contributed by atoms with Crippen LogP contribution in [-0.4, -0.2) is 36.9 Å². The van der Waals surface area contributed by atoms with Gasteiger partial charge in [0.25, 0.3) is 0 Å². The topological polar surface area (TPSA) is 63.2 Å². The molecule has 5 rings (SSSR count). The molecule has 130 valence electrons. The molecule has 23 heavy (non-hydrogen) atoms. The zero-order valence-corrected chi connectivity index (χ0v) is 14.0. The highest BCUT2D eigenvalue weighted by Gasteiger charge is 2.70. The lowest BCUT2D eigenvalue weighted by Crippen LogP contribution is -2.70. The van der Waals surface area contributed by atoms with E-state index in [1.54, 1.807) is 0 Å². The third-order valence-electron chi connectivity index (χ3n) is 6.31. The molecule has 0 radical (unpaired) electrons. The lowest BCUT2D eigenvalue weighted by molar-refractivity contribution is -0.577. The Morgan fingerprint density at radius 1 is 1.22 bits per heavy atom. The first-order valence-corrected chi connectivity index (χ1v) is 8.81. The third kappa shape index (κ3) is 2.15. The van der Waals surface area contributed by atoms with Crippen molar-refractivity contribution in [2.45, 2.75) is 70.4 Å². The van der Waals surface area contributed by atoms with Crippen LogP contribution in [0.5, 0.6) is 0 Å². The highest BCUT2D eigenvalue weighted by atomic mass is 17.3. The van der Waals surface area contributed by atoms with Gasteiger partial charge >= 0.3 is 0 Å². The van der Waals surface area contributed by atoms with E-state index >= 15 is 0 Å². The van der Waals surface area contributed by atoms with Gasteiger partial charge in [0.2, 0.25) is 5.79 Å². The summed E-state index contributed by atoms with van der Waals surface area (Å²) in [5.41, 5.74) is -0.702. The number of hydrogen-bond donors (Lipinski definition) is 0. The Hall–Kier alpha value is -0.530. The first-order chi connectivity index (χ1) is 11.0. The maximum absolute atomic E-state index is 11.6. The molecule has 1 aliphatic carbocycles. The lowest BCUT2D eigenvalue weighted by Gasteiger charge is -2.59. The SMILES string of the molecule is CCO[C@H]1O[C@@H]2O[C@@]3(C)CC[C@H]4[C@H](C=O)CC[C@@H]([C@H]1C)[C@@]24OO3. The van der Waals surface area contributed by atoms with Gasteiger partial charge in [0.15, 0.2) is 18.2 Å². The molecule has 5 aliphatic rings. The molecule has 4 aliphatic heterocycles. The normalized spacial score (nSPS) is 55.1. The average molecular weight is 326 g/mol. The number of ether oxygens (including phenoxy) is 3. The second-order valence-corrected chi connectivity index (χ2v) is 7.55. The van der Waals surface area contributed by atoms with Crippen LogP contribution in [0.2, 0.25) is 0 Å². The van der Waals surface area contributed by atoms with Crippen LogP contribution in [0.1, 0.15) is 46.5 Å². The molecule has 0 aromatic rings. The predicted molar refractivity (Wildman–Crippen MR) is 78.8 cm³/mol. The van der Waals surface area contributed by atoms with Crippen LogP contribution in [-0.2, 0) is 28.8 Å². The molecular weight excluding hydrogens is 300 g/mol. The van der Waals surface area contributed by atoms with Gasteiger partial charge < -0.3 is 19.0 Å². The molecule has 0 aromatic carbocycles. The average Bonchev–Trinajstić information content (AvgIpc) is 2.77. The summed E-state index contributed by atoms with van der Waals surface area (Å²) >= 11 is 0. The van der Waals surface area contributed by atoms with Crippen molar-refractivity contribution in [1.29, 1.82) is 0 Å². The van der Waals surface area contributed by atoms with Crippen LogP contribution in [0.4, 0.5) is 0 Å². The van der Waals surface area contributed by atoms with Crippen molar-refractivity contribution < 1.29 is 28.8 Å². The van der Waals surface area contributed by atoms with E-state index in [0.29, 0.717) is 13.0 Å². The summed E-state index contributed by atoms with van der Waals surface area (Å²) in [6, 6.07) is 0. The van der Waals surface area contributed by atoms with Gasteiger partial charge in [0.05, 0.1) is 0 Å². The summed E-state index contributed by atoms with van der Waals surface area (Å²) < 4.78 is 18.2. The molecule has 0 N–H and O–H groups in total.